The number of amides is 2. The quantitative estimate of drug-likeness (QED) is 0.311. The Balaban J connectivity index is 1.56. The average Bonchev–Trinajstić information content (AvgIpc) is 2.94. The maximum Gasteiger partial charge on any atom is 0.243 e. The molecule has 0 saturated carbocycles. The molecule has 0 aliphatic carbocycles. The van der Waals surface area contributed by atoms with Crippen LogP contribution >= 0.6 is 0 Å². The molecule has 0 spiro atoms. The first-order chi connectivity index (χ1) is 18.0. The lowest BCUT2D eigenvalue weighted by Gasteiger charge is -2.23. The molecule has 4 aromatic rings. The van der Waals surface area contributed by atoms with E-state index in [2.05, 4.69) is 15.6 Å². The highest BCUT2D eigenvalue weighted by Crippen LogP contribution is 2.25. The number of carbonyl (C=O) groups is 2. The molecule has 37 heavy (non-hydrogen) atoms. The molecule has 7 nitrogen and oxygen atoms in total. The number of pyridine rings is 1. The van der Waals surface area contributed by atoms with Crippen molar-refractivity contribution < 1.29 is 14.3 Å². The van der Waals surface area contributed by atoms with Gasteiger partial charge >= 0.3 is 0 Å². The van der Waals surface area contributed by atoms with E-state index >= 15 is 0 Å². The molecule has 1 heterocycles. The highest BCUT2D eigenvalue weighted by atomic mass is 16.5. The van der Waals surface area contributed by atoms with Gasteiger partial charge in [0.1, 0.15) is 17.6 Å². The summed E-state index contributed by atoms with van der Waals surface area (Å²) in [5.74, 6) is 0.0144. The van der Waals surface area contributed by atoms with Crippen molar-refractivity contribution in [1.29, 1.82) is 0 Å². The number of aromatic nitrogens is 1. The smallest absolute Gasteiger partial charge is 0.243 e. The number of hydrogen-bond acceptors (Lipinski definition) is 5. The van der Waals surface area contributed by atoms with Crippen molar-refractivity contribution in [1.82, 2.24) is 15.6 Å². The third-order valence-corrected chi connectivity index (χ3v) is 6.07. The lowest BCUT2D eigenvalue weighted by molar-refractivity contribution is -0.129. The fourth-order valence-electron chi connectivity index (χ4n) is 4.10. The molecule has 0 aliphatic rings. The molecule has 7 heteroatoms. The summed E-state index contributed by atoms with van der Waals surface area (Å²) in [4.78, 5) is 31.2. The molecule has 4 rings (SSSR count). The van der Waals surface area contributed by atoms with Gasteiger partial charge in [-0.15, -0.1) is 0 Å². The van der Waals surface area contributed by atoms with E-state index in [0.717, 1.165) is 28.0 Å². The van der Waals surface area contributed by atoms with Crippen molar-refractivity contribution in [2.75, 3.05) is 12.8 Å². The second-order valence-electron chi connectivity index (χ2n) is 8.68. The fourth-order valence-corrected chi connectivity index (χ4v) is 4.10. The predicted molar refractivity (Wildman–Crippen MR) is 144 cm³/mol. The summed E-state index contributed by atoms with van der Waals surface area (Å²) in [5, 5.41) is 5.95. The average molecular weight is 495 g/mol. The number of benzene rings is 3. The number of hydrogen-bond donors (Lipinski definition) is 3. The summed E-state index contributed by atoms with van der Waals surface area (Å²) >= 11 is 0. The summed E-state index contributed by atoms with van der Waals surface area (Å²) in [6.07, 6.45) is 1.89. The first-order valence-corrected chi connectivity index (χ1v) is 12.0. The largest absolute Gasteiger partial charge is 0.497 e. The molecule has 1 atom stereocenters. The lowest BCUT2D eigenvalue weighted by Crippen LogP contribution is -2.49. The Labute approximate surface area is 216 Å². The predicted octanol–water partition coefficient (Wildman–Crippen LogP) is 3.85. The van der Waals surface area contributed by atoms with Crippen LogP contribution in [0.15, 0.2) is 103 Å². The minimum Gasteiger partial charge on any atom is -0.497 e. The molecule has 0 aliphatic heterocycles. The number of ether oxygens (including phenoxy) is 1. The number of rotatable bonds is 10. The molecule has 0 bridgehead atoms. The molecular weight excluding hydrogens is 464 g/mol. The van der Waals surface area contributed by atoms with Crippen LogP contribution in [0.4, 0.5) is 5.82 Å². The van der Waals surface area contributed by atoms with E-state index in [1.54, 1.807) is 19.4 Å². The van der Waals surface area contributed by atoms with Gasteiger partial charge in [-0.25, -0.2) is 4.98 Å². The van der Waals surface area contributed by atoms with Crippen LogP contribution in [0.2, 0.25) is 0 Å². The van der Waals surface area contributed by atoms with Crippen LogP contribution in [0, 0.1) is 0 Å². The molecular formula is C30H30N4O3. The molecule has 0 fully saturated rings. The maximum absolute atomic E-state index is 13.7. The Morgan fingerprint density at radius 3 is 1.95 bits per heavy atom. The third-order valence-electron chi connectivity index (χ3n) is 6.07. The zero-order valence-electron chi connectivity index (χ0n) is 20.6. The molecule has 0 saturated heterocycles. The van der Waals surface area contributed by atoms with E-state index < -0.39 is 12.0 Å². The second kappa shape index (κ2) is 12.4. The zero-order chi connectivity index (χ0) is 26.0. The van der Waals surface area contributed by atoms with Gasteiger partial charge in [0.2, 0.25) is 11.8 Å². The van der Waals surface area contributed by atoms with Crippen molar-refractivity contribution in [3.05, 3.63) is 126 Å². The van der Waals surface area contributed by atoms with E-state index in [9.17, 15) is 9.59 Å². The van der Waals surface area contributed by atoms with Crippen molar-refractivity contribution in [3.63, 3.8) is 0 Å². The summed E-state index contributed by atoms with van der Waals surface area (Å²) in [7, 11) is 1.61. The Kier molecular flexibility index (Phi) is 8.49. The van der Waals surface area contributed by atoms with Crippen molar-refractivity contribution in [2.45, 2.75) is 24.9 Å². The SMILES string of the molecule is COc1ccc(CNC(=O)C(Cc2ccc(N)nc2)NC(=O)C(c2ccccc2)c2ccccc2)cc1. The van der Waals surface area contributed by atoms with Crippen molar-refractivity contribution in [3.8, 4) is 5.75 Å². The normalized spacial score (nSPS) is 11.5. The number of methoxy groups -OCH3 is 1. The van der Waals surface area contributed by atoms with Gasteiger partial charge < -0.3 is 21.1 Å². The van der Waals surface area contributed by atoms with E-state index in [-0.39, 0.29) is 18.2 Å². The number of nitrogens with one attached hydrogen (secondary N) is 2. The van der Waals surface area contributed by atoms with Crippen LogP contribution in [0.25, 0.3) is 0 Å². The van der Waals surface area contributed by atoms with Gasteiger partial charge in [-0.2, -0.15) is 0 Å². The number of carbonyl (C=O) groups excluding carboxylic acids is 2. The van der Waals surface area contributed by atoms with Crippen molar-refractivity contribution >= 4 is 17.6 Å². The first kappa shape index (κ1) is 25.4. The number of anilines is 1. The van der Waals surface area contributed by atoms with Crippen LogP contribution in [0.5, 0.6) is 5.75 Å². The van der Waals surface area contributed by atoms with Gasteiger partial charge in [0, 0.05) is 19.2 Å². The van der Waals surface area contributed by atoms with Crippen LogP contribution < -0.4 is 21.1 Å². The summed E-state index contributed by atoms with van der Waals surface area (Å²) in [6.45, 7) is 0.315. The van der Waals surface area contributed by atoms with Gasteiger partial charge in [0.05, 0.1) is 13.0 Å². The monoisotopic (exact) mass is 494 g/mol. The van der Waals surface area contributed by atoms with Gasteiger partial charge in [0.15, 0.2) is 0 Å². The highest BCUT2D eigenvalue weighted by molar-refractivity contribution is 5.92. The van der Waals surface area contributed by atoms with E-state index in [1.165, 1.54) is 0 Å². The van der Waals surface area contributed by atoms with Gasteiger partial charge in [-0.3, -0.25) is 9.59 Å². The van der Waals surface area contributed by atoms with E-state index in [0.29, 0.717) is 12.4 Å². The highest BCUT2D eigenvalue weighted by Gasteiger charge is 2.28. The topological polar surface area (TPSA) is 106 Å². The van der Waals surface area contributed by atoms with Crippen LogP contribution in [0.1, 0.15) is 28.2 Å². The van der Waals surface area contributed by atoms with E-state index in [1.807, 2.05) is 91.0 Å². The molecule has 4 N–H and O–H groups in total. The lowest BCUT2D eigenvalue weighted by atomic mass is 9.90. The Morgan fingerprint density at radius 2 is 1.41 bits per heavy atom. The van der Waals surface area contributed by atoms with Crippen LogP contribution in [-0.2, 0) is 22.6 Å². The number of nitrogen functional groups attached to an aromatic ring is 1. The number of nitrogens with zero attached hydrogens (tertiary/aromatic N) is 1. The van der Waals surface area contributed by atoms with Gasteiger partial charge in [-0.1, -0.05) is 78.9 Å². The molecule has 2 amide bonds. The van der Waals surface area contributed by atoms with Gasteiger partial charge in [-0.05, 0) is 40.5 Å². The third kappa shape index (κ3) is 6.95. The zero-order valence-corrected chi connectivity index (χ0v) is 20.6. The standard InChI is InChI=1S/C30H30N4O3/c1-37-25-15-12-21(13-16-25)19-33-29(35)26(18-22-14-17-27(31)32-20-22)34-30(36)28(23-8-4-2-5-9-23)24-10-6-3-7-11-24/h2-17,20,26,28H,18-19H2,1H3,(H2,31,32)(H,33,35)(H,34,36). The molecule has 188 valence electrons. The van der Waals surface area contributed by atoms with Crippen molar-refractivity contribution in [2.24, 2.45) is 0 Å². The summed E-state index contributed by atoms with van der Waals surface area (Å²) < 4.78 is 5.20. The molecule has 1 aromatic heterocycles. The molecule has 0 radical (unpaired) electrons. The van der Waals surface area contributed by atoms with Crippen LogP contribution in [0.3, 0.4) is 0 Å². The second-order valence-corrected chi connectivity index (χ2v) is 8.68. The van der Waals surface area contributed by atoms with Crippen LogP contribution in [-0.4, -0.2) is 29.9 Å². The Bertz CT molecular complexity index is 1260. The summed E-state index contributed by atoms with van der Waals surface area (Å²) in [6, 6.07) is 29.2. The maximum atomic E-state index is 13.7. The van der Waals surface area contributed by atoms with E-state index in [4.69, 9.17) is 10.5 Å². The Morgan fingerprint density at radius 1 is 0.811 bits per heavy atom. The number of nitrogens with two attached hydrogens (primary N) is 1. The first-order valence-electron chi connectivity index (χ1n) is 12.0. The summed E-state index contributed by atoms with van der Waals surface area (Å²) in [5.41, 5.74) is 9.12. The molecule has 1 unspecified atom stereocenters. The van der Waals surface area contributed by atoms with Gasteiger partial charge in [0.25, 0.3) is 0 Å². The minimum atomic E-state index is -0.814. The fraction of sp³-hybridized carbons (Fsp3) is 0.167. The minimum absolute atomic E-state index is 0.259. The molecule has 3 aromatic carbocycles. The Hall–Kier alpha value is -4.65.